The Morgan fingerprint density at radius 2 is 1.86 bits per heavy atom. The molecule has 1 aliphatic carbocycles. The Kier molecular flexibility index (Phi) is 8.71. The maximum absolute atomic E-state index is 13.1. The lowest BCUT2D eigenvalue weighted by Crippen LogP contribution is -2.47. The summed E-state index contributed by atoms with van der Waals surface area (Å²) in [6, 6.07) is 7.26. The fraction of sp³-hybridized carbons (Fsp3) is 0.500. The predicted molar refractivity (Wildman–Crippen MR) is 145 cm³/mol. The molecule has 2 aliphatic rings. The number of hydrogen-bond donors (Lipinski definition) is 0. The quantitative estimate of drug-likeness (QED) is 0.399. The van der Waals surface area contributed by atoms with Gasteiger partial charge in [-0.05, 0) is 67.3 Å². The first-order chi connectivity index (χ1) is 16.6. The topological polar surface area (TPSA) is 49.9 Å². The summed E-state index contributed by atoms with van der Waals surface area (Å²) < 4.78 is 5.90. The second-order valence-corrected chi connectivity index (χ2v) is 10.9. The molecular weight excluding hydrogens is 480 g/mol. The molecule has 1 fully saturated rings. The Bertz CT molecular complexity index is 1070. The van der Waals surface area contributed by atoms with E-state index in [2.05, 4.69) is 17.5 Å². The number of amides is 2. The van der Waals surface area contributed by atoms with E-state index in [1.54, 1.807) is 43.6 Å². The molecule has 35 heavy (non-hydrogen) atoms. The summed E-state index contributed by atoms with van der Waals surface area (Å²) in [5.41, 5.74) is 2.69. The molecule has 0 saturated carbocycles. The van der Waals surface area contributed by atoms with Crippen molar-refractivity contribution in [3.05, 3.63) is 62.8 Å². The molecule has 190 valence electrons. The summed E-state index contributed by atoms with van der Waals surface area (Å²) >= 11 is 7.91. The molecule has 0 atom stereocenters. The van der Waals surface area contributed by atoms with Crippen LogP contribution in [0.2, 0.25) is 5.02 Å². The van der Waals surface area contributed by atoms with E-state index >= 15 is 0 Å². The van der Waals surface area contributed by atoms with E-state index in [0.717, 1.165) is 37.9 Å². The van der Waals surface area contributed by atoms with E-state index < -0.39 is 5.41 Å². The highest BCUT2D eigenvalue weighted by Crippen LogP contribution is 2.54. The Balaban J connectivity index is 0.00000167. The Morgan fingerprint density at radius 3 is 2.43 bits per heavy atom. The highest BCUT2D eigenvalue weighted by atomic mass is 35.5. The minimum absolute atomic E-state index is 0.125. The second-order valence-electron chi connectivity index (χ2n) is 9.69. The number of halogens is 1. The molecule has 4 rings (SSSR count). The maximum atomic E-state index is 13.1. The normalized spacial score (nSPS) is 16.2. The first-order valence-electron chi connectivity index (χ1n) is 12.3. The smallest absolute Gasteiger partial charge is 0.254 e. The van der Waals surface area contributed by atoms with Crippen molar-refractivity contribution in [3.8, 4) is 5.75 Å². The molecular formula is C28H37ClN2O3S. The third-order valence-corrected chi connectivity index (χ3v) is 7.94. The Labute approximate surface area is 218 Å². The average Bonchev–Trinajstić information content (AvgIpc) is 3.23. The van der Waals surface area contributed by atoms with Gasteiger partial charge in [0.1, 0.15) is 5.75 Å². The summed E-state index contributed by atoms with van der Waals surface area (Å²) in [6.07, 6.45) is 5.19. The molecule has 7 heteroatoms. The van der Waals surface area contributed by atoms with Crippen molar-refractivity contribution in [3.63, 3.8) is 0 Å². The number of rotatable bonds is 7. The number of likely N-dealkylation sites (tertiary alicyclic amines) is 1. The Hall–Kier alpha value is -2.31. The number of hydrogen-bond acceptors (Lipinski definition) is 4. The first-order valence-corrected chi connectivity index (χ1v) is 13.6. The molecule has 2 aromatic rings. The van der Waals surface area contributed by atoms with Crippen LogP contribution in [0.15, 0.2) is 46.7 Å². The minimum Gasteiger partial charge on any atom is -0.493 e. The molecule has 5 nitrogen and oxygen atoms in total. The molecule has 1 aromatic carbocycles. The molecule has 0 unspecified atom stereocenters. The first kappa shape index (κ1) is 27.3. The predicted octanol–water partition coefficient (Wildman–Crippen LogP) is 6.43. The zero-order valence-corrected chi connectivity index (χ0v) is 23.3. The fourth-order valence-electron chi connectivity index (χ4n) is 4.61. The minimum atomic E-state index is -0.480. The van der Waals surface area contributed by atoms with Crippen LogP contribution in [-0.4, -0.2) is 55.4 Å². The van der Waals surface area contributed by atoms with Crippen LogP contribution in [0.3, 0.4) is 0 Å². The summed E-state index contributed by atoms with van der Waals surface area (Å²) in [5, 5.41) is 4.50. The van der Waals surface area contributed by atoms with Gasteiger partial charge in [-0.25, -0.2) is 0 Å². The van der Waals surface area contributed by atoms with Crippen LogP contribution in [0.5, 0.6) is 5.75 Å². The van der Waals surface area contributed by atoms with Gasteiger partial charge in [0, 0.05) is 39.0 Å². The van der Waals surface area contributed by atoms with Crippen molar-refractivity contribution in [1.29, 1.82) is 0 Å². The number of carbonyl (C=O) groups is 2. The van der Waals surface area contributed by atoms with Crippen LogP contribution in [0.4, 0.5) is 0 Å². The van der Waals surface area contributed by atoms with Gasteiger partial charge < -0.3 is 14.5 Å². The summed E-state index contributed by atoms with van der Waals surface area (Å²) in [7, 11) is 3.40. The van der Waals surface area contributed by atoms with Gasteiger partial charge in [0.2, 0.25) is 5.91 Å². The van der Waals surface area contributed by atoms with Crippen molar-refractivity contribution >= 4 is 34.8 Å². The molecule has 1 saturated heterocycles. The van der Waals surface area contributed by atoms with E-state index in [1.165, 1.54) is 10.5 Å². The number of thiophene rings is 1. The van der Waals surface area contributed by atoms with Crippen LogP contribution in [0.1, 0.15) is 62.9 Å². The van der Waals surface area contributed by atoms with Gasteiger partial charge in [0.15, 0.2) is 0 Å². The van der Waals surface area contributed by atoms with E-state index in [4.69, 9.17) is 16.3 Å². The van der Waals surface area contributed by atoms with Gasteiger partial charge in [-0.3, -0.25) is 9.59 Å². The molecule has 0 radical (unpaired) electrons. The fourth-order valence-corrected chi connectivity index (χ4v) is 5.69. The van der Waals surface area contributed by atoms with Crippen LogP contribution < -0.4 is 4.74 Å². The lowest BCUT2D eigenvalue weighted by molar-refractivity contribution is -0.137. The highest BCUT2D eigenvalue weighted by Gasteiger charge is 2.47. The largest absolute Gasteiger partial charge is 0.493 e. The zero-order chi connectivity index (χ0) is 25.8. The van der Waals surface area contributed by atoms with Crippen molar-refractivity contribution in [2.75, 3.05) is 33.8 Å². The van der Waals surface area contributed by atoms with Gasteiger partial charge >= 0.3 is 0 Å². The third kappa shape index (κ3) is 5.92. The standard InChI is InChI=1S/C26H31ClN2O3S.C2H6/c1-25(2,19-8-14-33-17-19)24(31)29-11-9-26(10-12-29)16-18(26)7-13-32-20-5-6-21(22(27)15-20)23(30)28(3)4;1-2/h5-6,8,14-17H,7,9-13H2,1-4H3;1-2H3. The van der Waals surface area contributed by atoms with E-state index in [0.29, 0.717) is 22.9 Å². The molecule has 1 aliphatic heterocycles. The van der Waals surface area contributed by atoms with Crippen LogP contribution in [0, 0.1) is 5.41 Å². The van der Waals surface area contributed by atoms with E-state index in [1.807, 2.05) is 38.0 Å². The molecule has 0 bridgehead atoms. The maximum Gasteiger partial charge on any atom is 0.254 e. The molecule has 2 amide bonds. The second kappa shape index (κ2) is 11.2. The van der Waals surface area contributed by atoms with Gasteiger partial charge in [0.05, 0.1) is 22.6 Å². The van der Waals surface area contributed by atoms with Gasteiger partial charge in [-0.15, -0.1) is 0 Å². The van der Waals surface area contributed by atoms with Crippen molar-refractivity contribution in [2.24, 2.45) is 5.41 Å². The van der Waals surface area contributed by atoms with Crippen LogP contribution in [-0.2, 0) is 10.2 Å². The molecule has 1 spiro atoms. The molecule has 1 aromatic heterocycles. The monoisotopic (exact) mass is 516 g/mol. The zero-order valence-electron chi connectivity index (χ0n) is 21.7. The van der Waals surface area contributed by atoms with Gasteiger partial charge in [-0.1, -0.05) is 37.1 Å². The molecule has 2 heterocycles. The summed E-state index contributed by atoms with van der Waals surface area (Å²) in [4.78, 5) is 28.8. The van der Waals surface area contributed by atoms with Crippen LogP contribution in [0.25, 0.3) is 0 Å². The summed E-state index contributed by atoms with van der Waals surface area (Å²) in [5.74, 6) is 0.760. The Morgan fingerprint density at radius 1 is 1.17 bits per heavy atom. The van der Waals surface area contributed by atoms with Crippen molar-refractivity contribution in [2.45, 2.75) is 52.4 Å². The van der Waals surface area contributed by atoms with Gasteiger partial charge in [0.25, 0.3) is 5.91 Å². The number of carbonyl (C=O) groups excluding carboxylic acids is 2. The number of nitrogens with zero attached hydrogens (tertiary/aromatic N) is 2. The van der Waals surface area contributed by atoms with Crippen molar-refractivity contribution in [1.82, 2.24) is 9.80 Å². The average molecular weight is 517 g/mol. The SMILES string of the molecule is CC.CN(C)C(=O)c1ccc(OCCC2=CC23CCN(C(=O)C(C)(C)c2ccsc2)CC3)cc1Cl. The molecule has 0 N–H and O–H groups in total. The number of ether oxygens (including phenoxy) is 1. The van der Waals surface area contributed by atoms with Crippen molar-refractivity contribution < 1.29 is 14.3 Å². The lowest BCUT2D eigenvalue weighted by atomic mass is 9.82. The third-order valence-electron chi connectivity index (χ3n) is 6.94. The van der Waals surface area contributed by atoms with E-state index in [-0.39, 0.29) is 17.2 Å². The number of allylic oxidation sites excluding steroid dienone is 1. The highest BCUT2D eigenvalue weighted by molar-refractivity contribution is 7.08. The van der Waals surface area contributed by atoms with E-state index in [9.17, 15) is 9.59 Å². The van der Waals surface area contributed by atoms with Gasteiger partial charge in [-0.2, -0.15) is 11.3 Å². The summed E-state index contributed by atoms with van der Waals surface area (Å²) in [6.45, 7) is 10.2. The van der Waals surface area contributed by atoms with Crippen LogP contribution >= 0.6 is 22.9 Å². The number of benzene rings is 1. The number of piperidine rings is 1. The lowest BCUT2D eigenvalue weighted by Gasteiger charge is -2.38.